The van der Waals surface area contributed by atoms with Crippen molar-refractivity contribution >= 4 is 16.9 Å². The second-order valence-corrected chi connectivity index (χ2v) is 8.83. The first-order valence-electron chi connectivity index (χ1n) is 10.7. The van der Waals surface area contributed by atoms with Gasteiger partial charge in [-0.2, -0.15) is 0 Å². The Kier molecular flexibility index (Phi) is 5.42. The normalized spacial score (nSPS) is 12.9. The van der Waals surface area contributed by atoms with Crippen molar-refractivity contribution in [2.75, 3.05) is 0 Å². The molecule has 0 spiro atoms. The molecule has 162 valence electrons. The fraction of sp³-hybridized carbons (Fsp3) is 0.360. The third-order valence-electron chi connectivity index (χ3n) is 5.87. The summed E-state index contributed by atoms with van der Waals surface area (Å²) in [5.74, 6) is -0.341. The van der Waals surface area contributed by atoms with E-state index < -0.39 is 0 Å². The molecule has 0 aromatic carbocycles. The predicted molar refractivity (Wildman–Crippen MR) is 121 cm³/mol. The minimum absolute atomic E-state index is 0.0976. The third-order valence-corrected chi connectivity index (χ3v) is 5.87. The molecule has 4 aromatic rings. The summed E-state index contributed by atoms with van der Waals surface area (Å²) in [4.78, 5) is 8.83. The Morgan fingerprint density at radius 1 is 1.00 bits per heavy atom. The highest BCUT2D eigenvalue weighted by Gasteiger charge is 2.19. The van der Waals surface area contributed by atoms with Gasteiger partial charge >= 0.3 is 0 Å². The van der Waals surface area contributed by atoms with Gasteiger partial charge in [0.05, 0.1) is 17.1 Å². The molecule has 0 aliphatic heterocycles. The zero-order chi connectivity index (χ0) is 22.4. The van der Waals surface area contributed by atoms with Gasteiger partial charge in [-0.05, 0) is 67.4 Å². The number of fused-ring (bicyclic) bond motifs is 2. The standard InChI is InChI=1S/C25H28F2N4/c1-14(2)18-9-21(27)25-29-22(23(15(3)4)31(25)13-18)8-7-16(5)19-10-20(26)24-28-17(6)11-30(24)12-19/h9-14,16H,3,7-8H2,1-2,4-6H3. The minimum atomic E-state index is -0.323. The van der Waals surface area contributed by atoms with Crippen LogP contribution in [0.1, 0.15) is 74.2 Å². The smallest absolute Gasteiger partial charge is 0.173 e. The molecule has 4 rings (SSSR count). The number of allylic oxidation sites excluding steroid dienone is 1. The molecule has 4 heterocycles. The second kappa shape index (κ2) is 7.91. The number of nitrogens with zero attached hydrogens (tertiary/aromatic N) is 4. The predicted octanol–water partition coefficient (Wildman–Crippen LogP) is 6.46. The van der Waals surface area contributed by atoms with Crippen LogP contribution in [0.15, 0.2) is 37.3 Å². The van der Waals surface area contributed by atoms with Gasteiger partial charge in [0.15, 0.2) is 22.9 Å². The molecule has 0 radical (unpaired) electrons. The molecule has 0 saturated carbocycles. The van der Waals surface area contributed by atoms with Gasteiger partial charge in [-0.15, -0.1) is 0 Å². The number of pyridine rings is 2. The van der Waals surface area contributed by atoms with Crippen molar-refractivity contribution in [1.82, 2.24) is 18.8 Å². The zero-order valence-electron chi connectivity index (χ0n) is 18.7. The summed E-state index contributed by atoms with van der Waals surface area (Å²) in [6.07, 6.45) is 7.11. The highest BCUT2D eigenvalue weighted by atomic mass is 19.1. The Labute approximate surface area is 181 Å². The molecule has 6 heteroatoms. The molecule has 0 aliphatic carbocycles. The Morgan fingerprint density at radius 3 is 2.35 bits per heavy atom. The minimum Gasteiger partial charge on any atom is -0.304 e. The summed E-state index contributed by atoms with van der Waals surface area (Å²) in [6, 6.07) is 3.12. The van der Waals surface area contributed by atoms with E-state index in [-0.39, 0.29) is 23.5 Å². The van der Waals surface area contributed by atoms with Crippen LogP contribution in [0, 0.1) is 18.6 Å². The van der Waals surface area contributed by atoms with Crippen LogP contribution in [0.3, 0.4) is 0 Å². The van der Waals surface area contributed by atoms with Crippen LogP contribution in [0.5, 0.6) is 0 Å². The topological polar surface area (TPSA) is 34.6 Å². The van der Waals surface area contributed by atoms with Crippen molar-refractivity contribution in [3.63, 3.8) is 0 Å². The zero-order valence-corrected chi connectivity index (χ0v) is 18.7. The van der Waals surface area contributed by atoms with E-state index in [1.807, 2.05) is 50.7 Å². The lowest BCUT2D eigenvalue weighted by atomic mass is 9.96. The fourth-order valence-electron chi connectivity index (χ4n) is 4.10. The van der Waals surface area contributed by atoms with Crippen LogP contribution in [0.2, 0.25) is 0 Å². The number of halogens is 2. The van der Waals surface area contributed by atoms with Crippen molar-refractivity contribution < 1.29 is 8.78 Å². The Hall–Kier alpha value is -3.02. The quantitative estimate of drug-likeness (QED) is 0.357. The number of rotatable bonds is 6. The van der Waals surface area contributed by atoms with Crippen molar-refractivity contribution in [3.05, 3.63) is 77.1 Å². The van der Waals surface area contributed by atoms with Crippen molar-refractivity contribution in [2.45, 2.75) is 59.3 Å². The van der Waals surface area contributed by atoms with Crippen LogP contribution in [-0.2, 0) is 6.42 Å². The molecule has 0 fully saturated rings. The van der Waals surface area contributed by atoms with E-state index >= 15 is 0 Å². The third kappa shape index (κ3) is 3.87. The first-order valence-corrected chi connectivity index (χ1v) is 10.7. The van der Waals surface area contributed by atoms with E-state index in [0.717, 1.165) is 40.2 Å². The summed E-state index contributed by atoms with van der Waals surface area (Å²) in [5.41, 5.74) is 5.79. The van der Waals surface area contributed by atoms with Gasteiger partial charge in [-0.25, -0.2) is 18.7 Å². The maximum absolute atomic E-state index is 14.8. The maximum Gasteiger partial charge on any atom is 0.173 e. The summed E-state index contributed by atoms with van der Waals surface area (Å²) in [5, 5.41) is 0. The highest BCUT2D eigenvalue weighted by Crippen LogP contribution is 2.29. The number of aromatic nitrogens is 4. The molecule has 0 saturated heterocycles. The SMILES string of the molecule is C=C(C)c1c(CCC(C)c2cc(F)c3nc(C)cn3c2)nc2c(F)cc(C(C)C)cn12. The van der Waals surface area contributed by atoms with Gasteiger partial charge in [-0.1, -0.05) is 27.4 Å². The Morgan fingerprint density at radius 2 is 1.68 bits per heavy atom. The second-order valence-electron chi connectivity index (χ2n) is 8.83. The lowest BCUT2D eigenvalue weighted by molar-refractivity contribution is 0.613. The summed E-state index contributed by atoms with van der Waals surface area (Å²) < 4.78 is 32.8. The van der Waals surface area contributed by atoms with Gasteiger partial charge in [0.1, 0.15) is 0 Å². The molecule has 4 nitrogen and oxygen atoms in total. The number of hydrogen-bond acceptors (Lipinski definition) is 2. The van der Waals surface area contributed by atoms with Gasteiger partial charge in [-0.3, -0.25) is 4.40 Å². The van der Waals surface area contributed by atoms with E-state index in [1.54, 1.807) is 16.5 Å². The van der Waals surface area contributed by atoms with Crippen LogP contribution >= 0.6 is 0 Å². The molecule has 0 N–H and O–H groups in total. The number of aryl methyl sites for hydroxylation is 2. The molecule has 0 bridgehead atoms. The maximum atomic E-state index is 14.8. The van der Waals surface area contributed by atoms with E-state index in [1.165, 1.54) is 0 Å². The van der Waals surface area contributed by atoms with Crippen LogP contribution in [-0.4, -0.2) is 18.8 Å². The molecular formula is C25H28F2N4. The first-order chi connectivity index (χ1) is 14.7. The van der Waals surface area contributed by atoms with Gasteiger partial charge in [0, 0.05) is 18.6 Å². The van der Waals surface area contributed by atoms with E-state index in [9.17, 15) is 8.78 Å². The number of hydrogen-bond donors (Lipinski definition) is 0. The van der Waals surface area contributed by atoms with Gasteiger partial charge in [0.2, 0.25) is 0 Å². The van der Waals surface area contributed by atoms with E-state index in [2.05, 4.69) is 23.5 Å². The van der Waals surface area contributed by atoms with E-state index in [0.29, 0.717) is 17.7 Å². The summed E-state index contributed by atoms with van der Waals surface area (Å²) >= 11 is 0. The van der Waals surface area contributed by atoms with Crippen LogP contribution in [0.4, 0.5) is 8.78 Å². The molecule has 4 aromatic heterocycles. The Bertz CT molecular complexity index is 1300. The van der Waals surface area contributed by atoms with E-state index in [4.69, 9.17) is 0 Å². The fourth-order valence-corrected chi connectivity index (χ4v) is 4.10. The van der Waals surface area contributed by atoms with Gasteiger partial charge in [0.25, 0.3) is 0 Å². The Balaban J connectivity index is 1.66. The number of imidazole rings is 2. The molecule has 0 amide bonds. The van der Waals surface area contributed by atoms with Crippen molar-refractivity contribution in [2.24, 2.45) is 0 Å². The lowest BCUT2D eigenvalue weighted by Gasteiger charge is -2.13. The molecule has 0 aliphatic rings. The summed E-state index contributed by atoms with van der Waals surface area (Å²) in [6.45, 7) is 14.0. The first kappa shape index (κ1) is 21.2. The summed E-state index contributed by atoms with van der Waals surface area (Å²) in [7, 11) is 0. The lowest BCUT2D eigenvalue weighted by Crippen LogP contribution is -2.02. The average molecular weight is 423 g/mol. The average Bonchev–Trinajstić information content (AvgIpc) is 3.26. The molecule has 31 heavy (non-hydrogen) atoms. The molecular weight excluding hydrogens is 394 g/mol. The molecule has 1 unspecified atom stereocenters. The van der Waals surface area contributed by atoms with Gasteiger partial charge < -0.3 is 4.40 Å². The monoisotopic (exact) mass is 422 g/mol. The largest absolute Gasteiger partial charge is 0.304 e. The van der Waals surface area contributed by atoms with Crippen LogP contribution < -0.4 is 0 Å². The highest BCUT2D eigenvalue weighted by molar-refractivity contribution is 5.65. The molecule has 1 atom stereocenters. The van der Waals surface area contributed by atoms with Crippen molar-refractivity contribution in [1.29, 1.82) is 0 Å². The van der Waals surface area contributed by atoms with Crippen LogP contribution in [0.25, 0.3) is 16.9 Å². The van der Waals surface area contributed by atoms with Crippen molar-refractivity contribution in [3.8, 4) is 0 Å².